The van der Waals surface area contributed by atoms with E-state index in [2.05, 4.69) is 8.93 Å². The summed E-state index contributed by atoms with van der Waals surface area (Å²) in [5, 5.41) is 0. The van der Waals surface area contributed by atoms with Crippen molar-refractivity contribution in [2.75, 3.05) is 0 Å². The van der Waals surface area contributed by atoms with E-state index < -0.39 is 7.80 Å². The smallest absolute Gasteiger partial charge is 0.180 e. The number of halogens is 1. The molecule has 0 aromatic carbocycles. The van der Waals surface area contributed by atoms with Gasteiger partial charge in [-0.3, -0.25) is 0 Å². The Morgan fingerprint density at radius 2 is 2.00 bits per heavy atom. The molecule has 2 atom stereocenters. The fraction of sp³-hybridized carbons (Fsp3) is 0. The molecule has 0 amide bonds. The summed E-state index contributed by atoms with van der Waals surface area (Å²) in [5.74, 6) is 0. The number of hydrogen-bond donors (Lipinski definition) is 0. The van der Waals surface area contributed by atoms with Gasteiger partial charge >= 0.3 is 0 Å². The minimum atomic E-state index is -1.20. The monoisotopic (exact) mass is 96.0 g/mol. The van der Waals surface area contributed by atoms with Crippen LogP contribution < -0.4 is 0 Å². The van der Waals surface area contributed by atoms with Crippen LogP contribution in [0, 0.1) is 0 Å². The Bertz CT molecular complexity index is 10.8. The van der Waals surface area contributed by atoms with Crippen LogP contribution in [-0.4, -0.2) is 7.57 Å². The van der Waals surface area contributed by atoms with Crippen molar-refractivity contribution < 1.29 is 4.20 Å². The zero-order valence-electron chi connectivity index (χ0n) is 2.40. The van der Waals surface area contributed by atoms with Gasteiger partial charge in [0.05, 0.1) is 0 Å². The van der Waals surface area contributed by atoms with Crippen molar-refractivity contribution in [2.24, 2.45) is 0 Å². The second-order valence-electron chi connectivity index (χ2n) is 0.525. The lowest BCUT2D eigenvalue weighted by Gasteiger charge is -1.74. The third kappa shape index (κ3) is 13.4. The Labute approximate surface area is 29.5 Å². The van der Waals surface area contributed by atoms with Crippen LogP contribution in [-0.2, 0) is 0 Å². The Morgan fingerprint density at radius 1 is 2.00 bits per heavy atom. The van der Waals surface area contributed by atoms with Crippen molar-refractivity contribution in [3.05, 3.63) is 0 Å². The molecule has 0 radical (unpaired) electrons. The average molecular weight is 95.8 g/mol. The standard InChI is InChI=1S/BFH4P2/c1-4(2)3/h1,3H2. The van der Waals surface area contributed by atoms with E-state index in [1.54, 1.807) is 0 Å². The first kappa shape index (κ1) is 4.85. The minimum absolute atomic E-state index is 1.20. The van der Waals surface area contributed by atoms with Crippen molar-refractivity contribution in [1.29, 1.82) is 0 Å². The van der Waals surface area contributed by atoms with Crippen molar-refractivity contribution in [3.63, 3.8) is 0 Å². The summed E-state index contributed by atoms with van der Waals surface area (Å²) >= 11 is 0. The maximum Gasteiger partial charge on any atom is 0.180 e. The molecule has 0 aliphatic heterocycles. The molecule has 0 bridgehead atoms. The molecule has 0 nitrogen and oxygen atoms in total. The highest BCUT2D eigenvalue weighted by molar-refractivity contribution is 8.23. The van der Waals surface area contributed by atoms with E-state index in [-0.39, 0.29) is 0 Å². The molecule has 2 unspecified atom stereocenters. The molecule has 0 aromatic heterocycles. The van der Waals surface area contributed by atoms with Gasteiger partial charge in [0.1, 0.15) is 0 Å². The molecule has 0 aliphatic rings. The number of hydrogen-bond acceptors (Lipinski definition) is 0. The van der Waals surface area contributed by atoms with E-state index in [1.165, 1.54) is 7.57 Å². The minimum Gasteiger partial charge on any atom is -0.235 e. The molecular formula is H4BFP2. The lowest BCUT2D eigenvalue weighted by Crippen LogP contribution is -1.29. The molecule has 24 valence electrons. The summed E-state index contributed by atoms with van der Waals surface area (Å²) in [5.41, 5.74) is 0. The summed E-state index contributed by atoms with van der Waals surface area (Å²) in [4.78, 5) is 0. The van der Waals surface area contributed by atoms with Gasteiger partial charge in [-0.1, -0.05) is 8.93 Å². The van der Waals surface area contributed by atoms with E-state index >= 15 is 0 Å². The van der Waals surface area contributed by atoms with Gasteiger partial charge in [-0.2, -0.15) is 0 Å². The van der Waals surface area contributed by atoms with Crippen LogP contribution in [0.1, 0.15) is 0 Å². The van der Waals surface area contributed by atoms with Crippen LogP contribution in [0.2, 0.25) is 0 Å². The van der Waals surface area contributed by atoms with Gasteiger partial charge in [0.2, 0.25) is 0 Å². The lowest BCUT2D eigenvalue weighted by molar-refractivity contribution is 0.930. The van der Waals surface area contributed by atoms with Gasteiger partial charge in [-0.15, -0.1) is 0 Å². The molecule has 4 heteroatoms. The van der Waals surface area contributed by atoms with Crippen LogP contribution in [0.5, 0.6) is 0 Å². The van der Waals surface area contributed by atoms with Gasteiger partial charge < -0.3 is 0 Å². The highest BCUT2D eigenvalue weighted by Crippen LogP contribution is 2.39. The molecule has 0 saturated carbocycles. The topological polar surface area (TPSA) is 0 Å². The van der Waals surface area contributed by atoms with Crippen LogP contribution in [0.25, 0.3) is 0 Å². The fourth-order valence-corrected chi connectivity index (χ4v) is 0. The predicted molar refractivity (Wildman–Crippen MR) is 26.3 cm³/mol. The van der Waals surface area contributed by atoms with Crippen molar-refractivity contribution in [3.8, 4) is 0 Å². The second-order valence-corrected chi connectivity index (χ2v) is 3.71. The summed E-state index contributed by atoms with van der Waals surface area (Å²) in [6, 6.07) is 0. The average Bonchev–Trinajstić information content (AvgIpc) is 0.811. The molecular weight excluding hydrogens is 91.8 g/mol. The van der Waals surface area contributed by atoms with E-state index in [9.17, 15) is 4.20 Å². The summed E-state index contributed by atoms with van der Waals surface area (Å²) < 4.78 is 11.0. The van der Waals surface area contributed by atoms with Crippen LogP contribution in [0.3, 0.4) is 0 Å². The van der Waals surface area contributed by atoms with Gasteiger partial charge in [0.15, 0.2) is 7.57 Å². The first-order valence-electron chi connectivity index (χ1n) is 0.874. The SMILES string of the molecule is BP(F)P. The maximum atomic E-state index is 11.0. The van der Waals surface area contributed by atoms with Crippen molar-refractivity contribution >= 4 is 24.3 Å². The molecule has 0 rings (SSSR count). The third-order valence-corrected chi connectivity index (χ3v) is 0. The lowest BCUT2D eigenvalue weighted by atomic mass is 10.8. The second kappa shape index (κ2) is 2.11. The molecule has 4 heavy (non-hydrogen) atoms. The maximum absolute atomic E-state index is 11.0. The van der Waals surface area contributed by atoms with Crippen LogP contribution in [0.4, 0.5) is 4.20 Å². The molecule has 0 aliphatic carbocycles. The summed E-state index contributed by atoms with van der Waals surface area (Å²) in [6.07, 6.45) is 0. The highest BCUT2D eigenvalue weighted by Gasteiger charge is 1.74. The van der Waals surface area contributed by atoms with Crippen molar-refractivity contribution in [1.82, 2.24) is 0 Å². The zero-order valence-corrected chi connectivity index (χ0v) is 4.45. The van der Waals surface area contributed by atoms with Crippen molar-refractivity contribution in [2.45, 2.75) is 0 Å². The summed E-state index contributed by atoms with van der Waals surface area (Å²) in [6.45, 7) is 0. The third-order valence-electron chi connectivity index (χ3n) is 0. The molecule has 0 fully saturated rings. The molecule has 0 saturated heterocycles. The van der Waals surface area contributed by atoms with E-state index in [4.69, 9.17) is 0 Å². The zero-order chi connectivity index (χ0) is 3.58. The molecule has 0 heterocycles. The normalized spacial score (nSPS) is 15.5. The van der Waals surface area contributed by atoms with E-state index in [0.717, 1.165) is 0 Å². The Hall–Kier alpha value is 0.855. The quantitative estimate of drug-likeness (QED) is 0.307. The Balaban J connectivity index is 2.32. The van der Waals surface area contributed by atoms with E-state index in [0.29, 0.717) is 0 Å². The van der Waals surface area contributed by atoms with Crippen LogP contribution in [0.15, 0.2) is 0 Å². The molecule has 0 aromatic rings. The van der Waals surface area contributed by atoms with Gasteiger partial charge in [-0.05, 0) is 0 Å². The molecule has 0 N–H and O–H groups in total. The fourth-order valence-electron chi connectivity index (χ4n) is 0. The first-order chi connectivity index (χ1) is 1.73. The summed E-state index contributed by atoms with van der Waals surface area (Å²) in [7, 11) is 2.38. The largest absolute Gasteiger partial charge is 0.235 e. The number of rotatable bonds is 0. The van der Waals surface area contributed by atoms with E-state index in [1.807, 2.05) is 0 Å². The van der Waals surface area contributed by atoms with Gasteiger partial charge in [-0.25, -0.2) is 4.20 Å². The Kier molecular flexibility index (Phi) is 2.57. The molecule has 0 spiro atoms. The highest BCUT2D eigenvalue weighted by atomic mass is 32.0. The first-order valence-corrected chi connectivity index (χ1v) is 4.17. The predicted octanol–water partition coefficient (Wildman–Crippen LogP) is 0.691. The van der Waals surface area contributed by atoms with Gasteiger partial charge in [0, 0.05) is 7.80 Å². The Morgan fingerprint density at radius 3 is 2.00 bits per heavy atom. The van der Waals surface area contributed by atoms with Gasteiger partial charge in [0.25, 0.3) is 0 Å². The van der Waals surface area contributed by atoms with Crippen LogP contribution >= 0.6 is 16.7 Å².